The fraction of sp³-hybridized carbons (Fsp3) is 0.421. The van der Waals surface area contributed by atoms with Crippen LogP contribution in [0.2, 0.25) is 5.02 Å². The van der Waals surface area contributed by atoms with Crippen LogP contribution in [-0.2, 0) is 11.3 Å². The lowest BCUT2D eigenvalue weighted by molar-refractivity contribution is -0.130. The summed E-state index contributed by atoms with van der Waals surface area (Å²) in [6.45, 7) is 6.40. The Hall–Kier alpha value is -2.94. The van der Waals surface area contributed by atoms with Crippen molar-refractivity contribution in [1.82, 2.24) is 24.1 Å². The zero-order valence-electron chi connectivity index (χ0n) is 16.5. The number of nitrogens with zero attached hydrogens (tertiary/aromatic N) is 5. The lowest BCUT2D eigenvalue weighted by Crippen LogP contribution is -2.52. The maximum atomic E-state index is 13.0. The molecule has 2 aromatic rings. The van der Waals surface area contributed by atoms with Crippen LogP contribution in [0.25, 0.3) is 5.69 Å². The first-order chi connectivity index (χ1) is 13.7. The van der Waals surface area contributed by atoms with E-state index in [4.69, 9.17) is 11.6 Å². The molecule has 1 aromatic carbocycles. The molecule has 3 rings (SSSR count). The quantitative estimate of drug-likeness (QED) is 0.728. The van der Waals surface area contributed by atoms with Crippen molar-refractivity contribution < 1.29 is 9.59 Å². The Bertz CT molecular complexity index is 1080. The van der Waals surface area contributed by atoms with Gasteiger partial charge in [0, 0.05) is 44.7 Å². The van der Waals surface area contributed by atoms with Crippen LogP contribution in [0.5, 0.6) is 0 Å². The molecule has 0 atom stereocenters. The first-order valence-corrected chi connectivity index (χ1v) is 9.67. The summed E-state index contributed by atoms with van der Waals surface area (Å²) in [5.41, 5.74) is -0.518. The van der Waals surface area contributed by atoms with Crippen molar-refractivity contribution in [3.05, 3.63) is 55.3 Å². The first kappa shape index (κ1) is 20.8. The zero-order chi connectivity index (χ0) is 21.3. The van der Waals surface area contributed by atoms with Crippen LogP contribution < -0.4 is 11.2 Å². The minimum absolute atomic E-state index is 0.0617. The maximum absolute atomic E-state index is 13.0. The number of carbonyl (C=O) groups excluding carboxylic acids is 2. The van der Waals surface area contributed by atoms with Crippen molar-refractivity contribution in [1.29, 1.82) is 0 Å². The largest absolute Gasteiger partial charge is 0.352 e. The lowest BCUT2D eigenvalue weighted by atomic mass is 10.2. The van der Waals surface area contributed by atoms with Gasteiger partial charge in [-0.3, -0.25) is 19.0 Å². The highest BCUT2D eigenvalue weighted by atomic mass is 35.5. The lowest BCUT2D eigenvalue weighted by Gasteiger charge is -2.33. The van der Waals surface area contributed by atoms with Gasteiger partial charge in [-0.25, -0.2) is 4.79 Å². The van der Waals surface area contributed by atoms with Crippen LogP contribution in [-0.4, -0.2) is 62.1 Å². The average molecular weight is 420 g/mol. The third-order valence-corrected chi connectivity index (χ3v) is 5.40. The highest BCUT2D eigenvalue weighted by Gasteiger charge is 2.28. The standard InChI is InChI=1S/C19H22ClN5O4/c1-4-24-18(28)16(17(27)23-9-7-22(8-10-23)13(3)26)21-25(19(24)29)14-6-5-12(2)15(20)11-14/h5-6,11H,4,7-10H2,1-3H3. The van der Waals surface area contributed by atoms with Gasteiger partial charge in [-0.05, 0) is 31.5 Å². The van der Waals surface area contributed by atoms with E-state index in [1.165, 1.54) is 11.8 Å². The van der Waals surface area contributed by atoms with Crippen LogP contribution in [0, 0.1) is 6.92 Å². The van der Waals surface area contributed by atoms with Crippen molar-refractivity contribution in [3.8, 4) is 5.69 Å². The van der Waals surface area contributed by atoms with Crippen LogP contribution >= 0.6 is 11.6 Å². The molecular formula is C19H22ClN5O4. The average Bonchev–Trinajstić information content (AvgIpc) is 2.70. The normalized spacial score (nSPS) is 14.2. The molecule has 0 radical (unpaired) electrons. The van der Waals surface area contributed by atoms with Crippen LogP contribution in [0.1, 0.15) is 29.9 Å². The van der Waals surface area contributed by atoms with E-state index in [1.807, 2.05) is 6.92 Å². The van der Waals surface area contributed by atoms with Crippen LogP contribution in [0.3, 0.4) is 0 Å². The van der Waals surface area contributed by atoms with Crippen molar-refractivity contribution >= 4 is 23.4 Å². The third-order valence-electron chi connectivity index (χ3n) is 4.99. The minimum atomic E-state index is -0.731. The fourth-order valence-corrected chi connectivity index (χ4v) is 3.36. The number of hydrogen-bond donors (Lipinski definition) is 0. The molecule has 1 aromatic heterocycles. The van der Waals surface area contributed by atoms with Gasteiger partial charge < -0.3 is 9.80 Å². The van der Waals surface area contributed by atoms with Gasteiger partial charge in [-0.2, -0.15) is 9.78 Å². The molecule has 0 saturated carbocycles. The molecule has 1 aliphatic heterocycles. The molecule has 2 amide bonds. The number of amides is 2. The SMILES string of the molecule is CCn1c(=O)c(C(=O)N2CCN(C(C)=O)CC2)nn(-c2ccc(C)c(Cl)c2)c1=O. The molecule has 154 valence electrons. The molecule has 0 N–H and O–H groups in total. The number of halogens is 1. The summed E-state index contributed by atoms with van der Waals surface area (Å²) in [7, 11) is 0. The Balaban J connectivity index is 2.04. The van der Waals surface area contributed by atoms with Gasteiger partial charge in [0.25, 0.3) is 11.5 Å². The summed E-state index contributed by atoms with van der Waals surface area (Å²) in [5, 5.41) is 4.53. The van der Waals surface area contributed by atoms with Gasteiger partial charge in [0.15, 0.2) is 0 Å². The number of hydrogen-bond acceptors (Lipinski definition) is 5. The summed E-state index contributed by atoms with van der Waals surface area (Å²) in [5.74, 6) is -0.624. The number of aryl methyl sites for hydroxylation is 1. The molecule has 1 saturated heterocycles. The first-order valence-electron chi connectivity index (χ1n) is 9.30. The molecule has 0 aliphatic carbocycles. The van der Waals surface area contributed by atoms with Gasteiger partial charge in [-0.1, -0.05) is 17.7 Å². The maximum Gasteiger partial charge on any atom is 0.352 e. The van der Waals surface area contributed by atoms with E-state index in [2.05, 4.69) is 5.10 Å². The van der Waals surface area contributed by atoms with Crippen LogP contribution in [0.15, 0.2) is 27.8 Å². The second-order valence-electron chi connectivity index (χ2n) is 6.82. The van der Waals surface area contributed by atoms with Crippen LogP contribution in [0.4, 0.5) is 0 Å². The topological polar surface area (TPSA) is 97.5 Å². The van der Waals surface area contributed by atoms with Crippen molar-refractivity contribution in [3.63, 3.8) is 0 Å². The predicted octanol–water partition coefficient (Wildman–Crippen LogP) is 0.680. The van der Waals surface area contributed by atoms with E-state index >= 15 is 0 Å². The van der Waals surface area contributed by atoms with Gasteiger partial charge in [0.2, 0.25) is 11.6 Å². The minimum Gasteiger partial charge on any atom is -0.339 e. The smallest absolute Gasteiger partial charge is 0.339 e. The third kappa shape index (κ3) is 3.95. The van der Waals surface area contributed by atoms with E-state index in [1.54, 1.807) is 30.0 Å². The van der Waals surface area contributed by atoms with E-state index < -0.39 is 17.2 Å². The summed E-state index contributed by atoms with van der Waals surface area (Å²) in [4.78, 5) is 53.0. The number of carbonyl (C=O) groups is 2. The number of rotatable bonds is 3. The highest BCUT2D eigenvalue weighted by Crippen LogP contribution is 2.18. The number of piperazine rings is 1. The molecule has 2 heterocycles. The Morgan fingerprint density at radius 2 is 1.72 bits per heavy atom. The van der Waals surface area contributed by atoms with E-state index in [0.29, 0.717) is 36.9 Å². The molecule has 0 spiro atoms. The summed E-state index contributed by atoms with van der Waals surface area (Å²) in [6.07, 6.45) is 0. The molecule has 9 nitrogen and oxygen atoms in total. The number of aromatic nitrogens is 3. The van der Waals surface area contributed by atoms with Crippen molar-refractivity contribution in [2.75, 3.05) is 26.2 Å². The second-order valence-corrected chi connectivity index (χ2v) is 7.23. The number of benzene rings is 1. The van der Waals surface area contributed by atoms with E-state index in [-0.39, 0.29) is 18.1 Å². The molecule has 1 aliphatic rings. The van der Waals surface area contributed by atoms with Gasteiger partial charge in [0.1, 0.15) is 0 Å². The van der Waals surface area contributed by atoms with E-state index in [9.17, 15) is 19.2 Å². The monoisotopic (exact) mass is 419 g/mol. The predicted molar refractivity (Wildman–Crippen MR) is 108 cm³/mol. The second kappa shape index (κ2) is 8.20. The molecule has 1 fully saturated rings. The van der Waals surface area contributed by atoms with Gasteiger partial charge >= 0.3 is 5.69 Å². The van der Waals surface area contributed by atoms with Gasteiger partial charge in [-0.15, -0.1) is 0 Å². The summed E-state index contributed by atoms with van der Waals surface area (Å²) in [6, 6.07) is 4.95. The summed E-state index contributed by atoms with van der Waals surface area (Å²) < 4.78 is 2.00. The van der Waals surface area contributed by atoms with E-state index in [0.717, 1.165) is 14.8 Å². The zero-order valence-corrected chi connectivity index (χ0v) is 17.3. The molecule has 29 heavy (non-hydrogen) atoms. The molecule has 0 bridgehead atoms. The molecular weight excluding hydrogens is 398 g/mol. The Labute approximate surface area is 172 Å². The van der Waals surface area contributed by atoms with Gasteiger partial charge in [0.05, 0.1) is 5.69 Å². The summed E-state index contributed by atoms with van der Waals surface area (Å²) >= 11 is 6.17. The van der Waals surface area contributed by atoms with Crippen molar-refractivity contribution in [2.45, 2.75) is 27.3 Å². The molecule has 0 unspecified atom stereocenters. The Morgan fingerprint density at radius 1 is 1.10 bits per heavy atom. The highest BCUT2D eigenvalue weighted by molar-refractivity contribution is 6.31. The Kier molecular flexibility index (Phi) is 5.88. The molecule has 10 heteroatoms. The fourth-order valence-electron chi connectivity index (χ4n) is 3.18. The Morgan fingerprint density at radius 3 is 2.28 bits per heavy atom. The van der Waals surface area contributed by atoms with Crippen molar-refractivity contribution in [2.24, 2.45) is 0 Å².